The number of hydrogen-bond acceptors (Lipinski definition) is 4. The van der Waals surface area contributed by atoms with Crippen LogP contribution in [0.3, 0.4) is 0 Å². The number of rotatable bonds is 0. The van der Waals surface area contributed by atoms with Crippen LogP contribution in [0.15, 0.2) is 0 Å². The Kier molecular flexibility index (Phi) is 4.06. The first-order valence-corrected chi connectivity index (χ1v) is 7.17. The summed E-state index contributed by atoms with van der Waals surface area (Å²) < 4.78 is 9.39. The Hall–Kier alpha value is 2.76. The van der Waals surface area contributed by atoms with Crippen LogP contribution in [-0.4, -0.2) is 38.1 Å². The highest BCUT2D eigenvalue weighted by atomic mass is 127. The molecule has 4 nitrogen and oxygen atoms in total. The third kappa shape index (κ3) is 1.87. The Balaban J connectivity index is 2.20. The highest BCUT2D eigenvalue weighted by Gasteiger charge is 2.49. The van der Waals surface area contributed by atoms with Gasteiger partial charge in [-0.1, -0.05) is 0 Å². The Labute approximate surface area is 127 Å². The molecule has 0 aromatic heterocycles. The van der Waals surface area contributed by atoms with Gasteiger partial charge in [0.05, 0.1) is 13.3 Å². The van der Waals surface area contributed by atoms with Gasteiger partial charge in [0.25, 0.3) is 0 Å². The van der Waals surface area contributed by atoms with Crippen LogP contribution < -0.4 is 0 Å². The average molecular weight is 618 g/mol. The quantitative estimate of drug-likeness (QED) is 0.306. The van der Waals surface area contributed by atoms with E-state index in [4.69, 9.17) is 0 Å². The summed E-state index contributed by atoms with van der Waals surface area (Å²) in [7, 11) is 0. The molecular weight excluding hydrogens is 612 g/mol. The molecule has 2 fully saturated rings. The summed E-state index contributed by atoms with van der Waals surface area (Å²) in [6, 6.07) is 0. The van der Waals surface area contributed by atoms with Crippen molar-refractivity contribution in [3.05, 3.63) is 0 Å². The monoisotopic (exact) mass is 618 g/mol. The average Bonchev–Trinajstić information content (AvgIpc) is 2.38. The molecule has 2 aliphatic rings. The molecule has 0 unspecified atom stereocenters. The SMILES string of the molecule is IN1CN(I)C2C1N(I)CN2I. The summed E-state index contributed by atoms with van der Waals surface area (Å²) in [4.78, 5) is 0. The third-order valence-electron chi connectivity index (χ3n) is 1.96. The Morgan fingerprint density at radius 3 is 1.17 bits per heavy atom. The maximum Gasteiger partial charge on any atom is 0.113 e. The van der Waals surface area contributed by atoms with E-state index in [-0.39, 0.29) is 0 Å². The van der Waals surface area contributed by atoms with E-state index in [9.17, 15) is 0 Å². The number of fused-ring (bicyclic) bond motifs is 1. The maximum atomic E-state index is 2.40. The number of hydrogen-bond donors (Lipinski definition) is 0. The van der Waals surface area contributed by atoms with Crippen LogP contribution in [-0.2, 0) is 0 Å². The molecule has 0 bridgehead atoms. The second-order valence-electron chi connectivity index (χ2n) is 2.71. The van der Waals surface area contributed by atoms with Crippen molar-refractivity contribution >= 4 is 91.5 Å². The smallest absolute Gasteiger partial charge is 0.113 e. The molecular formula is C4H6I4N4. The maximum absolute atomic E-state index is 2.40. The lowest BCUT2D eigenvalue weighted by Gasteiger charge is -2.19. The summed E-state index contributed by atoms with van der Waals surface area (Å²) >= 11 is 9.60. The molecule has 12 heavy (non-hydrogen) atoms. The Morgan fingerprint density at radius 1 is 0.667 bits per heavy atom. The molecule has 0 amide bonds. The van der Waals surface area contributed by atoms with Gasteiger partial charge in [-0.05, 0) is 0 Å². The van der Waals surface area contributed by atoms with E-state index in [1.807, 2.05) is 0 Å². The highest BCUT2D eigenvalue weighted by molar-refractivity contribution is 14.1. The highest BCUT2D eigenvalue weighted by Crippen LogP contribution is 2.39. The molecule has 70 valence electrons. The van der Waals surface area contributed by atoms with E-state index in [1.165, 1.54) is 0 Å². The molecule has 2 aliphatic heterocycles. The number of halogens is 4. The van der Waals surface area contributed by atoms with Crippen molar-refractivity contribution in [3.8, 4) is 0 Å². The molecule has 0 aliphatic carbocycles. The fraction of sp³-hybridized carbons (Fsp3) is 1.00. The fourth-order valence-corrected chi connectivity index (χ4v) is 7.23. The van der Waals surface area contributed by atoms with Crippen molar-refractivity contribution in [2.24, 2.45) is 0 Å². The predicted molar refractivity (Wildman–Crippen MR) is 80.7 cm³/mol. The first kappa shape index (κ1) is 11.3. The molecule has 0 atom stereocenters. The van der Waals surface area contributed by atoms with E-state index < -0.39 is 0 Å². The van der Waals surface area contributed by atoms with Crippen molar-refractivity contribution in [2.45, 2.75) is 12.3 Å². The second kappa shape index (κ2) is 4.32. The van der Waals surface area contributed by atoms with Gasteiger partial charge in [0, 0.05) is 91.5 Å². The van der Waals surface area contributed by atoms with Crippen molar-refractivity contribution in [1.29, 1.82) is 0 Å². The van der Waals surface area contributed by atoms with Gasteiger partial charge in [-0.3, -0.25) is 0 Å². The molecule has 2 saturated heterocycles. The minimum atomic E-state index is 0.542. The minimum absolute atomic E-state index is 0.542. The fourth-order valence-electron chi connectivity index (χ4n) is 1.44. The standard InChI is InChI=1S/C4H6I4N4/c5-9-1-10(6)4-3(9)11(7)2-12(4)8/h3-4H,1-2H2. The summed E-state index contributed by atoms with van der Waals surface area (Å²) in [6.07, 6.45) is 1.08. The minimum Gasteiger partial charge on any atom is -0.212 e. The first-order valence-electron chi connectivity index (χ1n) is 3.31. The van der Waals surface area contributed by atoms with Crippen LogP contribution in [0.5, 0.6) is 0 Å². The van der Waals surface area contributed by atoms with E-state index in [0.29, 0.717) is 12.3 Å². The van der Waals surface area contributed by atoms with Gasteiger partial charge in [0.2, 0.25) is 0 Å². The van der Waals surface area contributed by atoms with Crippen molar-refractivity contribution in [2.75, 3.05) is 13.3 Å². The summed E-state index contributed by atoms with van der Waals surface area (Å²) in [6.45, 7) is 2.07. The molecule has 0 spiro atoms. The van der Waals surface area contributed by atoms with Crippen molar-refractivity contribution in [3.63, 3.8) is 0 Å². The van der Waals surface area contributed by atoms with Crippen molar-refractivity contribution < 1.29 is 0 Å². The predicted octanol–water partition coefficient (Wildman–Crippen LogP) is 2.19. The van der Waals surface area contributed by atoms with Crippen LogP contribution in [0.2, 0.25) is 0 Å². The molecule has 0 N–H and O–H groups in total. The van der Waals surface area contributed by atoms with Crippen LogP contribution in [0, 0.1) is 0 Å². The van der Waals surface area contributed by atoms with E-state index in [2.05, 4.69) is 104 Å². The van der Waals surface area contributed by atoms with Gasteiger partial charge >= 0.3 is 0 Å². The molecule has 0 saturated carbocycles. The molecule has 2 heterocycles. The van der Waals surface area contributed by atoms with Gasteiger partial charge in [0.15, 0.2) is 0 Å². The second-order valence-corrected chi connectivity index (χ2v) is 7.67. The van der Waals surface area contributed by atoms with Gasteiger partial charge in [-0.15, -0.1) is 0 Å². The largest absolute Gasteiger partial charge is 0.212 e. The molecule has 8 heteroatoms. The first-order chi connectivity index (χ1) is 5.61. The van der Waals surface area contributed by atoms with Crippen LogP contribution >= 0.6 is 91.5 Å². The van der Waals surface area contributed by atoms with Crippen LogP contribution in [0.1, 0.15) is 0 Å². The molecule has 0 aromatic rings. The van der Waals surface area contributed by atoms with E-state index in [1.54, 1.807) is 0 Å². The molecule has 2 rings (SSSR count). The van der Waals surface area contributed by atoms with Crippen LogP contribution in [0.25, 0.3) is 0 Å². The lowest BCUT2D eigenvalue weighted by atomic mass is 10.4. The summed E-state index contributed by atoms with van der Waals surface area (Å²) in [5.41, 5.74) is 0. The zero-order chi connectivity index (χ0) is 8.88. The Bertz CT molecular complexity index is 156. The third-order valence-corrected chi connectivity index (χ3v) is 5.46. The van der Waals surface area contributed by atoms with Crippen molar-refractivity contribution in [1.82, 2.24) is 12.5 Å². The summed E-state index contributed by atoms with van der Waals surface area (Å²) in [5.74, 6) is 0. The van der Waals surface area contributed by atoms with E-state index >= 15 is 0 Å². The van der Waals surface area contributed by atoms with Gasteiger partial charge < -0.3 is 0 Å². The topological polar surface area (TPSA) is 13.0 Å². The zero-order valence-corrected chi connectivity index (χ0v) is 14.5. The molecule has 0 aromatic carbocycles. The van der Waals surface area contributed by atoms with Gasteiger partial charge in [-0.2, -0.15) is 0 Å². The lowest BCUT2D eigenvalue weighted by molar-refractivity contribution is 0.335. The molecule has 0 radical (unpaired) electrons. The normalized spacial score (nSPS) is 41.0. The zero-order valence-electron chi connectivity index (χ0n) is 5.87. The van der Waals surface area contributed by atoms with Crippen LogP contribution in [0.4, 0.5) is 0 Å². The Morgan fingerprint density at radius 2 is 0.917 bits per heavy atom. The lowest BCUT2D eigenvalue weighted by Crippen LogP contribution is -2.36. The van der Waals surface area contributed by atoms with E-state index in [0.717, 1.165) is 13.3 Å². The van der Waals surface area contributed by atoms with Gasteiger partial charge in [0.1, 0.15) is 12.3 Å². The van der Waals surface area contributed by atoms with Gasteiger partial charge in [-0.25, -0.2) is 12.5 Å². The summed E-state index contributed by atoms with van der Waals surface area (Å²) in [5, 5.41) is 0. The number of nitrogens with zero attached hydrogens (tertiary/aromatic N) is 4.